The molecule has 1 saturated heterocycles. The van der Waals surface area contributed by atoms with E-state index in [-0.39, 0.29) is 39.8 Å². The number of H-pyrrole nitrogens is 1. The van der Waals surface area contributed by atoms with Crippen LogP contribution in [-0.2, 0) is 25.5 Å². The van der Waals surface area contributed by atoms with E-state index < -0.39 is 21.8 Å². The minimum Gasteiger partial charge on any atom is -0.477 e. The topological polar surface area (TPSA) is 166 Å². The van der Waals surface area contributed by atoms with E-state index in [9.17, 15) is 23.1 Å². The number of nitrogens with zero attached hydrogens (tertiary/aromatic N) is 3. The van der Waals surface area contributed by atoms with Crippen molar-refractivity contribution in [3.63, 3.8) is 0 Å². The molecule has 0 saturated carbocycles. The molecule has 1 unspecified atom stereocenters. The molecule has 0 bridgehead atoms. The number of amides is 1. The Labute approximate surface area is 182 Å². The van der Waals surface area contributed by atoms with Crippen molar-refractivity contribution in [2.75, 3.05) is 18.1 Å². The lowest BCUT2D eigenvalue weighted by atomic mass is 10.0. The van der Waals surface area contributed by atoms with Crippen LogP contribution in [0.4, 0.5) is 0 Å². The van der Waals surface area contributed by atoms with Crippen LogP contribution < -0.4 is 5.32 Å². The minimum absolute atomic E-state index is 0.00319. The van der Waals surface area contributed by atoms with Gasteiger partial charge >= 0.3 is 5.97 Å². The molecule has 0 aromatic carbocycles. The van der Waals surface area contributed by atoms with Crippen LogP contribution in [0.3, 0.4) is 0 Å². The highest BCUT2D eigenvalue weighted by atomic mass is 32.2. The van der Waals surface area contributed by atoms with Gasteiger partial charge in [0.25, 0.3) is 10.1 Å². The van der Waals surface area contributed by atoms with E-state index in [4.69, 9.17) is 4.55 Å². The quantitative estimate of drug-likeness (QED) is 0.153. The largest absolute Gasteiger partial charge is 0.477 e. The molecule has 1 amide bonds. The van der Waals surface area contributed by atoms with Crippen LogP contribution in [0.2, 0.25) is 0 Å². The van der Waals surface area contributed by atoms with Crippen LogP contribution in [0, 0.1) is 0 Å². The average Bonchev–Trinajstić information content (AvgIpc) is 3.10. The van der Waals surface area contributed by atoms with Gasteiger partial charge in [0.05, 0.1) is 0 Å². The lowest BCUT2D eigenvalue weighted by Crippen LogP contribution is -2.70. The highest BCUT2D eigenvalue weighted by Gasteiger charge is 2.53. The SMILES string of the molecule is CCCCCNC1C(=O)N2C(C(=O)O)=C(CSc3n[nH]c(CS(=O)(=O)O)n3)CS[C@@H]12. The number of hydrogen-bond donors (Lipinski definition) is 4. The van der Waals surface area contributed by atoms with Gasteiger partial charge in [0.2, 0.25) is 11.1 Å². The van der Waals surface area contributed by atoms with Gasteiger partial charge in [-0.2, -0.15) is 8.42 Å². The van der Waals surface area contributed by atoms with Crippen LogP contribution in [0.15, 0.2) is 16.4 Å². The maximum absolute atomic E-state index is 12.6. The van der Waals surface area contributed by atoms with Gasteiger partial charge < -0.3 is 10.4 Å². The molecule has 1 fully saturated rings. The van der Waals surface area contributed by atoms with Crippen molar-refractivity contribution in [3.8, 4) is 0 Å². The first-order chi connectivity index (χ1) is 14.2. The Morgan fingerprint density at radius 3 is 2.87 bits per heavy atom. The monoisotopic (exact) mass is 477 g/mol. The number of carboxylic acids is 1. The van der Waals surface area contributed by atoms with Crippen molar-refractivity contribution < 1.29 is 27.7 Å². The molecule has 4 N–H and O–H groups in total. The number of carboxylic acid groups (broad SMARTS) is 1. The van der Waals surface area contributed by atoms with Gasteiger partial charge in [-0.3, -0.25) is 19.3 Å². The summed E-state index contributed by atoms with van der Waals surface area (Å²) in [4.78, 5) is 29.7. The van der Waals surface area contributed by atoms with E-state index in [1.807, 2.05) is 0 Å². The third-order valence-electron chi connectivity index (χ3n) is 4.60. The van der Waals surface area contributed by atoms with Gasteiger partial charge in [-0.25, -0.2) is 9.78 Å². The molecule has 2 aliphatic heterocycles. The smallest absolute Gasteiger partial charge is 0.352 e. The number of β-lactam (4-membered cyclic amide) rings is 1. The number of aliphatic carboxylic acids is 1. The summed E-state index contributed by atoms with van der Waals surface area (Å²) in [6.45, 7) is 2.82. The summed E-state index contributed by atoms with van der Waals surface area (Å²) in [5.74, 6) is -1.40. The highest BCUT2D eigenvalue weighted by Crippen LogP contribution is 2.41. The minimum atomic E-state index is -4.23. The number of thioether (sulfide) groups is 2. The molecule has 0 spiro atoms. The molecule has 11 nitrogen and oxygen atoms in total. The molecule has 166 valence electrons. The zero-order valence-corrected chi connectivity index (χ0v) is 18.6. The van der Waals surface area contributed by atoms with Crippen molar-refractivity contribution in [1.82, 2.24) is 25.4 Å². The molecule has 2 aliphatic rings. The van der Waals surface area contributed by atoms with Crippen molar-refractivity contribution in [2.45, 2.75) is 48.5 Å². The molecular weight excluding hydrogens is 454 g/mol. The number of fused-ring (bicyclic) bond motifs is 1. The molecule has 0 radical (unpaired) electrons. The normalized spacial score (nSPS) is 21.5. The Morgan fingerprint density at radius 1 is 1.43 bits per heavy atom. The second-order valence-electron chi connectivity index (χ2n) is 6.89. The second kappa shape index (κ2) is 9.68. The number of aromatic amines is 1. The van der Waals surface area contributed by atoms with Crippen LogP contribution in [0.5, 0.6) is 0 Å². The van der Waals surface area contributed by atoms with Gasteiger partial charge in [0, 0.05) is 11.5 Å². The number of carbonyl (C=O) groups excluding carboxylic acids is 1. The summed E-state index contributed by atoms with van der Waals surface area (Å²) in [7, 11) is -4.23. The second-order valence-corrected chi connectivity index (χ2v) is 10.4. The fraction of sp³-hybridized carbons (Fsp3) is 0.625. The molecule has 14 heteroatoms. The maximum Gasteiger partial charge on any atom is 0.352 e. The zero-order chi connectivity index (χ0) is 21.9. The number of aromatic nitrogens is 3. The van der Waals surface area contributed by atoms with Gasteiger partial charge in [-0.15, -0.1) is 16.9 Å². The Kier molecular flexibility index (Phi) is 7.44. The lowest BCUT2D eigenvalue weighted by Gasteiger charge is -2.49. The van der Waals surface area contributed by atoms with Crippen molar-refractivity contribution in [2.24, 2.45) is 0 Å². The lowest BCUT2D eigenvalue weighted by molar-refractivity contribution is -0.149. The summed E-state index contributed by atoms with van der Waals surface area (Å²) in [5, 5.41) is 19.2. The third-order valence-corrected chi connectivity index (χ3v) is 7.51. The van der Waals surface area contributed by atoms with Crippen LogP contribution in [0.1, 0.15) is 32.0 Å². The van der Waals surface area contributed by atoms with Crippen molar-refractivity contribution in [3.05, 3.63) is 17.1 Å². The van der Waals surface area contributed by atoms with E-state index in [1.165, 1.54) is 16.7 Å². The first-order valence-electron chi connectivity index (χ1n) is 9.34. The van der Waals surface area contributed by atoms with Gasteiger partial charge in [-0.1, -0.05) is 31.5 Å². The van der Waals surface area contributed by atoms with Gasteiger partial charge in [0.1, 0.15) is 28.7 Å². The van der Waals surface area contributed by atoms with Crippen LogP contribution >= 0.6 is 23.5 Å². The molecule has 1 aromatic heterocycles. The molecule has 2 atom stereocenters. The van der Waals surface area contributed by atoms with Crippen LogP contribution in [0.25, 0.3) is 0 Å². The molecule has 3 heterocycles. The summed E-state index contributed by atoms with van der Waals surface area (Å²) >= 11 is 2.64. The standard InChI is InChI=1S/C16H23N5O6S3/c1-2-3-4-5-17-11-13(22)21-12(15(23)24)9(6-28-14(11)21)7-29-16-18-10(19-20-16)8-30(25,26)27/h11,14,17H,2-8H2,1H3,(H,23,24)(H,18,19,20)(H,25,26,27)/t11?,14-/m0/s1. The van der Waals surface area contributed by atoms with E-state index in [0.717, 1.165) is 37.6 Å². The molecule has 30 heavy (non-hydrogen) atoms. The molecule has 3 rings (SSSR count). The Balaban J connectivity index is 1.64. The predicted octanol–water partition coefficient (Wildman–Crippen LogP) is 0.687. The van der Waals surface area contributed by atoms with Crippen molar-refractivity contribution >= 4 is 45.5 Å². The van der Waals surface area contributed by atoms with Gasteiger partial charge in [0.15, 0.2) is 0 Å². The first kappa shape index (κ1) is 23.1. The number of carbonyl (C=O) groups is 2. The Bertz CT molecular complexity index is 947. The summed E-state index contributed by atoms with van der Waals surface area (Å²) < 4.78 is 30.7. The summed E-state index contributed by atoms with van der Waals surface area (Å²) in [5.41, 5.74) is 0.573. The average molecular weight is 478 g/mol. The summed E-state index contributed by atoms with van der Waals surface area (Å²) in [6, 6.07) is -0.369. The highest BCUT2D eigenvalue weighted by molar-refractivity contribution is 8.01. The van der Waals surface area contributed by atoms with E-state index in [1.54, 1.807) is 0 Å². The molecule has 0 aliphatic carbocycles. The number of unbranched alkanes of at least 4 members (excludes halogenated alkanes) is 2. The number of nitrogens with one attached hydrogen (secondary N) is 2. The summed E-state index contributed by atoms with van der Waals surface area (Å²) in [6.07, 6.45) is 3.13. The van der Waals surface area contributed by atoms with Crippen LogP contribution in [-0.4, -0.2) is 79.5 Å². The predicted molar refractivity (Wildman–Crippen MR) is 111 cm³/mol. The van der Waals surface area contributed by atoms with Crippen molar-refractivity contribution in [1.29, 1.82) is 0 Å². The Hall–Kier alpha value is -1.61. The van der Waals surface area contributed by atoms with E-state index >= 15 is 0 Å². The zero-order valence-electron chi connectivity index (χ0n) is 16.2. The molecule has 1 aromatic rings. The number of rotatable bonds is 11. The van der Waals surface area contributed by atoms with E-state index in [0.29, 0.717) is 11.3 Å². The fourth-order valence-corrected chi connectivity index (χ4v) is 6.02. The fourth-order valence-electron chi connectivity index (χ4n) is 3.21. The first-order valence-corrected chi connectivity index (χ1v) is 13.0. The number of hydrogen-bond acceptors (Lipinski definition) is 9. The maximum atomic E-state index is 12.6. The Morgan fingerprint density at radius 2 is 2.20 bits per heavy atom. The third kappa shape index (κ3) is 5.35. The molecular formula is C16H23N5O6S3. The van der Waals surface area contributed by atoms with E-state index in [2.05, 4.69) is 27.4 Å². The van der Waals surface area contributed by atoms with Gasteiger partial charge in [-0.05, 0) is 18.5 Å².